The van der Waals surface area contributed by atoms with Gasteiger partial charge < -0.3 is 10.0 Å². The molecule has 1 rings (SSSR count). The Morgan fingerprint density at radius 3 is 2.06 bits per heavy atom. The van der Waals surface area contributed by atoms with E-state index < -0.39 is 6.09 Å². The summed E-state index contributed by atoms with van der Waals surface area (Å²) in [6.45, 7) is 5.88. The van der Waals surface area contributed by atoms with Crippen LogP contribution in [-0.2, 0) is 0 Å². The number of rotatable bonds is 2. The number of allylic oxidation sites excluding steroid dienone is 1. The molecule has 1 saturated carbocycles. The zero-order valence-electron chi connectivity index (χ0n) is 11.1. The largest absolute Gasteiger partial charge is 0.465 e. The lowest BCUT2D eigenvalue weighted by Gasteiger charge is -2.42. The van der Waals surface area contributed by atoms with E-state index in [0.717, 1.165) is 29.1 Å². The first-order chi connectivity index (χ1) is 8.21. The minimum Gasteiger partial charge on any atom is -0.465 e. The zero-order chi connectivity index (χ0) is 13.9. The fourth-order valence-corrected chi connectivity index (χ4v) is 3.44. The molecule has 0 unspecified atom stereocenters. The summed E-state index contributed by atoms with van der Waals surface area (Å²) in [4.78, 5) is 13.0. The third kappa shape index (κ3) is 4.57. The summed E-state index contributed by atoms with van der Waals surface area (Å²) in [7, 11) is 0. The van der Waals surface area contributed by atoms with Crippen molar-refractivity contribution in [3.05, 3.63) is 9.47 Å². The van der Waals surface area contributed by atoms with Crippen LogP contribution in [0.25, 0.3) is 0 Å². The van der Waals surface area contributed by atoms with Gasteiger partial charge in [-0.25, -0.2) is 4.79 Å². The van der Waals surface area contributed by atoms with Crippen LogP contribution in [0.1, 0.15) is 46.5 Å². The van der Waals surface area contributed by atoms with Crippen LogP contribution in [0.2, 0.25) is 0 Å². The van der Waals surface area contributed by atoms with Gasteiger partial charge in [-0.1, -0.05) is 6.08 Å². The SMILES string of the molecule is CC(C)(C)N(C(=O)O)[C@H]1CC[C@H](C=C(Br)Br)CC1. The van der Waals surface area contributed by atoms with Gasteiger partial charge in [0.1, 0.15) is 0 Å². The molecule has 0 atom stereocenters. The fraction of sp³-hybridized carbons (Fsp3) is 0.769. The standard InChI is InChI=1S/C13H21Br2NO2/c1-13(2,3)16(12(17)18)10-6-4-9(5-7-10)8-11(14)15/h8-10H,4-7H2,1-3H3,(H,17,18)/t9-,10-. The van der Waals surface area contributed by atoms with Gasteiger partial charge >= 0.3 is 6.09 Å². The Bertz CT molecular complexity index is 324. The maximum atomic E-state index is 11.4. The molecule has 0 saturated heterocycles. The molecule has 104 valence electrons. The van der Waals surface area contributed by atoms with Crippen molar-refractivity contribution in [3.8, 4) is 0 Å². The summed E-state index contributed by atoms with van der Waals surface area (Å²) in [5.74, 6) is 0.547. The van der Waals surface area contributed by atoms with Gasteiger partial charge in [0, 0.05) is 11.6 Å². The number of carbonyl (C=O) groups is 1. The second kappa shape index (κ2) is 6.42. The molecule has 3 nitrogen and oxygen atoms in total. The highest BCUT2D eigenvalue weighted by atomic mass is 79.9. The second-order valence-corrected chi connectivity index (χ2v) is 8.62. The Hall–Kier alpha value is -0.0300. The fourth-order valence-electron chi connectivity index (χ4n) is 2.70. The van der Waals surface area contributed by atoms with Crippen LogP contribution in [0.4, 0.5) is 4.79 Å². The monoisotopic (exact) mass is 381 g/mol. The van der Waals surface area contributed by atoms with Gasteiger partial charge in [0.15, 0.2) is 0 Å². The highest BCUT2D eigenvalue weighted by molar-refractivity contribution is 9.28. The Morgan fingerprint density at radius 2 is 1.72 bits per heavy atom. The molecule has 1 N–H and O–H groups in total. The van der Waals surface area contributed by atoms with Gasteiger partial charge in [-0.2, -0.15) is 0 Å². The molecule has 0 aromatic heterocycles. The van der Waals surface area contributed by atoms with E-state index >= 15 is 0 Å². The molecule has 5 heteroatoms. The van der Waals surface area contributed by atoms with E-state index in [2.05, 4.69) is 37.9 Å². The average molecular weight is 383 g/mol. The number of hydrogen-bond acceptors (Lipinski definition) is 1. The average Bonchev–Trinajstić information content (AvgIpc) is 2.17. The van der Waals surface area contributed by atoms with Crippen molar-refractivity contribution in [1.82, 2.24) is 4.90 Å². The predicted octanol–water partition coefficient (Wildman–Crippen LogP) is 4.95. The van der Waals surface area contributed by atoms with E-state index in [1.54, 1.807) is 4.90 Å². The number of carboxylic acid groups (broad SMARTS) is 1. The van der Waals surface area contributed by atoms with Crippen molar-refractivity contribution in [3.63, 3.8) is 0 Å². The van der Waals surface area contributed by atoms with Crippen LogP contribution in [-0.4, -0.2) is 27.7 Å². The molecule has 0 bridgehead atoms. The first-order valence-corrected chi connectivity index (χ1v) is 7.85. The van der Waals surface area contributed by atoms with Crippen LogP contribution in [0.5, 0.6) is 0 Å². The highest BCUT2D eigenvalue weighted by Gasteiger charge is 2.35. The molecule has 0 aliphatic heterocycles. The summed E-state index contributed by atoms with van der Waals surface area (Å²) >= 11 is 6.76. The van der Waals surface area contributed by atoms with Crippen molar-refractivity contribution in [2.45, 2.75) is 58.0 Å². The van der Waals surface area contributed by atoms with Crippen molar-refractivity contribution >= 4 is 38.0 Å². The van der Waals surface area contributed by atoms with Crippen molar-refractivity contribution in [2.24, 2.45) is 5.92 Å². The van der Waals surface area contributed by atoms with Crippen LogP contribution >= 0.6 is 31.9 Å². The Labute approximate surface area is 126 Å². The molecule has 1 amide bonds. The summed E-state index contributed by atoms with van der Waals surface area (Å²) in [6, 6.07) is 0.154. The predicted molar refractivity (Wildman–Crippen MR) is 81.3 cm³/mol. The molecular formula is C13H21Br2NO2. The van der Waals surface area contributed by atoms with Gasteiger partial charge in [-0.05, 0) is 84.2 Å². The minimum atomic E-state index is -0.803. The molecule has 1 aliphatic rings. The van der Waals surface area contributed by atoms with Gasteiger partial charge in [-0.15, -0.1) is 0 Å². The Kier molecular flexibility index (Phi) is 5.71. The number of nitrogens with zero attached hydrogens (tertiary/aromatic N) is 1. The quantitative estimate of drug-likeness (QED) is 0.733. The van der Waals surface area contributed by atoms with Gasteiger partial charge in [0.2, 0.25) is 0 Å². The Morgan fingerprint density at radius 1 is 1.22 bits per heavy atom. The van der Waals surface area contributed by atoms with E-state index in [4.69, 9.17) is 0 Å². The van der Waals surface area contributed by atoms with E-state index in [1.807, 2.05) is 20.8 Å². The van der Waals surface area contributed by atoms with E-state index in [-0.39, 0.29) is 11.6 Å². The molecular weight excluding hydrogens is 362 g/mol. The van der Waals surface area contributed by atoms with Crippen LogP contribution in [0.15, 0.2) is 9.47 Å². The summed E-state index contributed by atoms with van der Waals surface area (Å²) in [5, 5.41) is 9.37. The molecule has 0 aromatic carbocycles. The van der Waals surface area contributed by atoms with Gasteiger partial charge in [-0.3, -0.25) is 0 Å². The number of hydrogen-bond donors (Lipinski definition) is 1. The lowest BCUT2D eigenvalue weighted by Crippen LogP contribution is -2.52. The van der Waals surface area contributed by atoms with Crippen molar-refractivity contribution in [1.29, 1.82) is 0 Å². The van der Waals surface area contributed by atoms with Gasteiger partial charge in [0.05, 0.1) is 3.39 Å². The lowest BCUT2D eigenvalue weighted by atomic mass is 9.84. The molecule has 0 radical (unpaired) electrons. The maximum Gasteiger partial charge on any atom is 0.407 e. The van der Waals surface area contributed by atoms with Crippen LogP contribution < -0.4 is 0 Å². The third-order valence-electron chi connectivity index (χ3n) is 3.40. The molecule has 18 heavy (non-hydrogen) atoms. The summed E-state index contributed by atoms with van der Waals surface area (Å²) in [5.41, 5.74) is -0.324. The molecule has 0 aromatic rings. The minimum absolute atomic E-state index is 0.154. The molecule has 0 heterocycles. The van der Waals surface area contributed by atoms with E-state index in [1.165, 1.54) is 0 Å². The third-order valence-corrected chi connectivity index (χ3v) is 3.93. The van der Waals surface area contributed by atoms with Crippen LogP contribution in [0.3, 0.4) is 0 Å². The topological polar surface area (TPSA) is 40.5 Å². The van der Waals surface area contributed by atoms with E-state index in [9.17, 15) is 9.90 Å². The summed E-state index contributed by atoms with van der Waals surface area (Å²) < 4.78 is 0.990. The van der Waals surface area contributed by atoms with Crippen LogP contribution in [0, 0.1) is 5.92 Å². The van der Waals surface area contributed by atoms with Crippen molar-refractivity contribution < 1.29 is 9.90 Å². The second-order valence-electron chi connectivity index (χ2n) is 5.85. The highest BCUT2D eigenvalue weighted by Crippen LogP contribution is 2.33. The normalized spacial score (nSPS) is 24.5. The smallest absolute Gasteiger partial charge is 0.407 e. The number of amides is 1. The Balaban J connectivity index is 2.66. The number of halogens is 2. The van der Waals surface area contributed by atoms with Crippen molar-refractivity contribution in [2.75, 3.05) is 0 Å². The van der Waals surface area contributed by atoms with Gasteiger partial charge in [0.25, 0.3) is 0 Å². The lowest BCUT2D eigenvalue weighted by molar-refractivity contribution is 0.0532. The molecule has 1 fully saturated rings. The maximum absolute atomic E-state index is 11.4. The first kappa shape index (κ1) is 16.0. The summed E-state index contributed by atoms with van der Waals surface area (Å²) in [6.07, 6.45) is 5.34. The van der Waals surface area contributed by atoms with E-state index in [0.29, 0.717) is 5.92 Å². The molecule has 0 spiro atoms. The molecule has 1 aliphatic carbocycles. The zero-order valence-corrected chi connectivity index (χ0v) is 14.3. The first-order valence-electron chi connectivity index (χ1n) is 6.27.